The van der Waals surface area contributed by atoms with Crippen LogP contribution in [0.25, 0.3) is 0 Å². The highest BCUT2D eigenvalue weighted by Crippen LogP contribution is 2.22. The number of likely N-dealkylation sites (N-methyl/N-ethyl adjacent to an activating group) is 2. The molecule has 0 radical (unpaired) electrons. The van der Waals surface area contributed by atoms with Gasteiger partial charge in [-0.1, -0.05) is 32.6 Å². The van der Waals surface area contributed by atoms with E-state index in [2.05, 4.69) is 40.8 Å². The van der Waals surface area contributed by atoms with Crippen LogP contribution >= 0.6 is 0 Å². The number of aromatic nitrogens is 2. The maximum Gasteiger partial charge on any atom is 0.122 e. The lowest BCUT2D eigenvalue weighted by Gasteiger charge is -2.36. The Hall–Kier alpha value is -0.870. The number of rotatable bonds is 5. The summed E-state index contributed by atoms with van der Waals surface area (Å²) in [5.41, 5.74) is 0. The van der Waals surface area contributed by atoms with Crippen molar-refractivity contribution in [2.24, 2.45) is 7.05 Å². The fourth-order valence-corrected chi connectivity index (χ4v) is 3.38. The van der Waals surface area contributed by atoms with E-state index >= 15 is 0 Å². The van der Waals surface area contributed by atoms with Gasteiger partial charge < -0.3 is 9.88 Å². The summed E-state index contributed by atoms with van der Waals surface area (Å²) in [4.78, 5) is 6.97. The van der Waals surface area contributed by atoms with Crippen LogP contribution in [0.3, 0.4) is 0 Å². The van der Waals surface area contributed by atoms with Crippen LogP contribution in [0.15, 0.2) is 12.4 Å². The van der Waals surface area contributed by atoms with E-state index in [1.54, 1.807) is 0 Å². The van der Waals surface area contributed by atoms with Crippen molar-refractivity contribution in [2.75, 3.05) is 13.6 Å². The molecule has 0 saturated heterocycles. The Morgan fingerprint density at radius 2 is 2.05 bits per heavy atom. The molecule has 0 aliphatic heterocycles. The van der Waals surface area contributed by atoms with Crippen molar-refractivity contribution in [2.45, 2.75) is 64.1 Å². The van der Waals surface area contributed by atoms with Crippen molar-refractivity contribution in [1.82, 2.24) is 19.8 Å². The first-order valence-corrected chi connectivity index (χ1v) is 8.12. The Kier molecular flexibility index (Phi) is 6.05. The summed E-state index contributed by atoms with van der Waals surface area (Å²) in [5.74, 6) is 1.16. The quantitative estimate of drug-likeness (QED) is 0.898. The van der Waals surface area contributed by atoms with Gasteiger partial charge in [0.15, 0.2) is 0 Å². The largest absolute Gasteiger partial charge is 0.337 e. The molecule has 0 amide bonds. The molecule has 0 bridgehead atoms. The molecule has 2 atom stereocenters. The van der Waals surface area contributed by atoms with Crippen molar-refractivity contribution in [3.8, 4) is 0 Å². The van der Waals surface area contributed by atoms with Crippen LogP contribution in [-0.2, 0) is 13.6 Å². The van der Waals surface area contributed by atoms with Crippen LogP contribution in [0, 0.1) is 0 Å². The molecule has 1 aromatic rings. The zero-order valence-electron chi connectivity index (χ0n) is 13.3. The summed E-state index contributed by atoms with van der Waals surface area (Å²) in [5, 5.41) is 3.71. The van der Waals surface area contributed by atoms with Gasteiger partial charge in [-0.2, -0.15) is 0 Å². The third-order valence-electron chi connectivity index (χ3n) is 4.57. The molecule has 1 aliphatic carbocycles. The highest BCUT2D eigenvalue weighted by molar-refractivity contribution is 4.93. The minimum Gasteiger partial charge on any atom is -0.337 e. The second kappa shape index (κ2) is 7.79. The smallest absolute Gasteiger partial charge is 0.122 e. The van der Waals surface area contributed by atoms with E-state index in [9.17, 15) is 0 Å². The van der Waals surface area contributed by atoms with E-state index in [1.165, 1.54) is 38.5 Å². The minimum absolute atomic E-state index is 0.630. The number of hydrogen-bond acceptors (Lipinski definition) is 3. The van der Waals surface area contributed by atoms with Gasteiger partial charge >= 0.3 is 0 Å². The summed E-state index contributed by atoms with van der Waals surface area (Å²) in [6, 6.07) is 1.26. The highest BCUT2D eigenvalue weighted by atomic mass is 15.2. The van der Waals surface area contributed by atoms with Gasteiger partial charge in [-0.25, -0.2) is 4.98 Å². The zero-order chi connectivity index (χ0) is 14.4. The second-order valence-corrected chi connectivity index (χ2v) is 6.09. The Balaban J connectivity index is 2.02. The molecule has 1 aliphatic rings. The summed E-state index contributed by atoms with van der Waals surface area (Å²) >= 11 is 0. The molecule has 2 rings (SSSR count). The Labute approximate surface area is 123 Å². The van der Waals surface area contributed by atoms with Gasteiger partial charge in [0.25, 0.3) is 0 Å². The third kappa shape index (κ3) is 4.06. The average Bonchev–Trinajstić information content (AvgIpc) is 2.78. The molecule has 2 unspecified atom stereocenters. The molecule has 20 heavy (non-hydrogen) atoms. The van der Waals surface area contributed by atoms with Crippen molar-refractivity contribution in [1.29, 1.82) is 0 Å². The van der Waals surface area contributed by atoms with E-state index in [-0.39, 0.29) is 0 Å². The van der Waals surface area contributed by atoms with Gasteiger partial charge in [-0.15, -0.1) is 0 Å². The van der Waals surface area contributed by atoms with Gasteiger partial charge in [-0.05, 0) is 26.4 Å². The molecule has 1 fully saturated rings. The molecule has 1 heterocycles. The molecule has 0 aromatic carbocycles. The highest BCUT2D eigenvalue weighted by Gasteiger charge is 2.26. The Bertz CT molecular complexity index is 388. The van der Waals surface area contributed by atoms with Crippen molar-refractivity contribution < 1.29 is 0 Å². The molecule has 114 valence electrons. The molecular formula is C16H30N4. The zero-order valence-corrected chi connectivity index (χ0v) is 13.3. The fraction of sp³-hybridized carbons (Fsp3) is 0.812. The van der Waals surface area contributed by atoms with Gasteiger partial charge in [-0.3, -0.25) is 4.90 Å². The first-order valence-electron chi connectivity index (χ1n) is 8.12. The topological polar surface area (TPSA) is 33.1 Å². The van der Waals surface area contributed by atoms with Gasteiger partial charge in [0.2, 0.25) is 0 Å². The predicted molar refractivity (Wildman–Crippen MR) is 83.6 cm³/mol. The van der Waals surface area contributed by atoms with Crippen LogP contribution in [0.5, 0.6) is 0 Å². The van der Waals surface area contributed by atoms with Gasteiger partial charge in [0.05, 0.1) is 6.54 Å². The lowest BCUT2D eigenvalue weighted by molar-refractivity contribution is 0.153. The monoisotopic (exact) mass is 278 g/mol. The van der Waals surface area contributed by atoms with Gasteiger partial charge in [0, 0.05) is 31.5 Å². The van der Waals surface area contributed by atoms with E-state index < -0.39 is 0 Å². The maximum absolute atomic E-state index is 4.46. The SMILES string of the molecule is CCNC1CCCCCCC1N(C)Cc1nccn1C. The molecule has 1 N–H and O–H groups in total. The molecule has 1 saturated carbocycles. The van der Waals surface area contributed by atoms with E-state index in [0.29, 0.717) is 12.1 Å². The molecular weight excluding hydrogens is 248 g/mol. The number of nitrogens with one attached hydrogen (secondary N) is 1. The lowest BCUT2D eigenvalue weighted by Crippen LogP contribution is -2.49. The Morgan fingerprint density at radius 1 is 1.30 bits per heavy atom. The molecule has 4 heteroatoms. The van der Waals surface area contributed by atoms with Crippen LogP contribution in [-0.4, -0.2) is 40.1 Å². The number of imidazole rings is 1. The van der Waals surface area contributed by atoms with Gasteiger partial charge in [0.1, 0.15) is 5.82 Å². The van der Waals surface area contributed by atoms with Crippen LogP contribution < -0.4 is 5.32 Å². The third-order valence-corrected chi connectivity index (χ3v) is 4.57. The van der Waals surface area contributed by atoms with Crippen molar-refractivity contribution in [3.63, 3.8) is 0 Å². The number of nitrogens with zero attached hydrogens (tertiary/aromatic N) is 3. The van der Waals surface area contributed by atoms with Crippen molar-refractivity contribution in [3.05, 3.63) is 18.2 Å². The van der Waals surface area contributed by atoms with E-state index in [4.69, 9.17) is 0 Å². The minimum atomic E-state index is 0.630. The standard InChI is InChI=1S/C16H30N4/c1-4-17-14-9-7-5-6-8-10-15(14)20(3)13-16-18-11-12-19(16)2/h11-12,14-15,17H,4-10,13H2,1-3H3. The summed E-state index contributed by atoms with van der Waals surface area (Å²) in [6.45, 7) is 4.22. The first kappa shape index (κ1) is 15.5. The first-order chi connectivity index (χ1) is 9.72. The average molecular weight is 278 g/mol. The van der Waals surface area contributed by atoms with Crippen molar-refractivity contribution >= 4 is 0 Å². The number of hydrogen-bond donors (Lipinski definition) is 1. The molecule has 4 nitrogen and oxygen atoms in total. The molecule has 0 spiro atoms. The Morgan fingerprint density at radius 3 is 2.70 bits per heavy atom. The second-order valence-electron chi connectivity index (χ2n) is 6.09. The maximum atomic E-state index is 4.46. The summed E-state index contributed by atoms with van der Waals surface area (Å²) in [7, 11) is 4.33. The fourth-order valence-electron chi connectivity index (χ4n) is 3.38. The van der Waals surface area contributed by atoms with E-state index in [0.717, 1.165) is 18.9 Å². The normalized spacial score (nSPS) is 24.6. The number of aryl methyl sites for hydroxylation is 1. The lowest BCUT2D eigenvalue weighted by atomic mass is 9.91. The van der Waals surface area contributed by atoms with Crippen LogP contribution in [0.4, 0.5) is 0 Å². The summed E-state index contributed by atoms with van der Waals surface area (Å²) in [6.07, 6.45) is 12.1. The van der Waals surface area contributed by atoms with Crippen LogP contribution in [0.1, 0.15) is 51.3 Å². The summed E-state index contributed by atoms with van der Waals surface area (Å²) < 4.78 is 2.13. The van der Waals surface area contributed by atoms with E-state index in [1.807, 2.05) is 12.4 Å². The molecule has 1 aromatic heterocycles. The predicted octanol–water partition coefficient (Wildman–Crippen LogP) is 2.55. The van der Waals surface area contributed by atoms with Crippen LogP contribution in [0.2, 0.25) is 0 Å².